The number of para-hydroxylation sites is 1. The molecule has 17 heavy (non-hydrogen) atoms. The summed E-state index contributed by atoms with van der Waals surface area (Å²) >= 11 is 0. The smallest absolute Gasteiger partial charge is 0.404 e. The van der Waals surface area contributed by atoms with E-state index in [-0.39, 0.29) is 6.10 Å². The van der Waals surface area contributed by atoms with Crippen LogP contribution in [0.3, 0.4) is 0 Å². The van der Waals surface area contributed by atoms with Gasteiger partial charge in [-0.3, -0.25) is 9.05 Å². The predicted molar refractivity (Wildman–Crippen MR) is 62.8 cm³/mol. The van der Waals surface area contributed by atoms with E-state index in [1.165, 1.54) is 0 Å². The molecule has 0 amide bonds. The third-order valence-electron chi connectivity index (χ3n) is 3.26. The van der Waals surface area contributed by atoms with E-state index in [9.17, 15) is 4.57 Å². The van der Waals surface area contributed by atoms with Crippen molar-refractivity contribution in [2.24, 2.45) is 5.92 Å². The summed E-state index contributed by atoms with van der Waals surface area (Å²) in [5.74, 6) is 0.906. The second-order valence-corrected chi connectivity index (χ2v) is 6.03. The molecule has 1 aliphatic heterocycles. The van der Waals surface area contributed by atoms with Gasteiger partial charge in [0.15, 0.2) is 0 Å². The fourth-order valence-corrected chi connectivity index (χ4v) is 3.89. The molecule has 1 aliphatic carbocycles. The lowest BCUT2D eigenvalue weighted by Gasteiger charge is -2.30. The largest absolute Gasteiger partial charge is 0.530 e. The van der Waals surface area contributed by atoms with E-state index >= 15 is 0 Å². The van der Waals surface area contributed by atoms with Gasteiger partial charge < -0.3 is 4.52 Å². The normalized spacial score (nSPS) is 36.5. The highest BCUT2D eigenvalue weighted by Gasteiger charge is 2.44. The van der Waals surface area contributed by atoms with Crippen LogP contribution in [-0.2, 0) is 13.6 Å². The SMILES string of the molecule is O=[P@]1(Oc2ccccc2)OC[C@H]2CCC[C@H]2O1. The van der Waals surface area contributed by atoms with Crippen molar-refractivity contribution in [3.8, 4) is 5.75 Å². The monoisotopic (exact) mass is 254 g/mol. The molecule has 2 aliphatic rings. The van der Waals surface area contributed by atoms with Crippen LogP contribution in [-0.4, -0.2) is 12.7 Å². The maximum Gasteiger partial charge on any atom is 0.530 e. The van der Waals surface area contributed by atoms with Crippen molar-refractivity contribution in [3.05, 3.63) is 30.3 Å². The zero-order chi connectivity index (χ0) is 11.7. The molecule has 0 aromatic heterocycles. The first-order valence-corrected chi connectivity index (χ1v) is 7.39. The predicted octanol–water partition coefficient (Wildman–Crippen LogP) is 3.39. The van der Waals surface area contributed by atoms with Gasteiger partial charge in [0.2, 0.25) is 0 Å². The maximum absolute atomic E-state index is 12.3. The van der Waals surface area contributed by atoms with Gasteiger partial charge >= 0.3 is 7.82 Å². The van der Waals surface area contributed by atoms with Gasteiger partial charge in [-0.05, 0) is 25.0 Å². The maximum atomic E-state index is 12.3. The number of fused-ring (bicyclic) bond motifs is 1. The summed E-state index contributed by atoms with van der Waals surface area (Å²) < 4.78 is 28.4. The number of phosphoric ester groups is 1. The lowest BCUT2D eigenvalue weighted by molar-refractivity contribution is 0.0199. The highest BCUT2D eigenvalue weighted by atomic mass is 31.2. The first-order chi connectivity index (χ1) is 8.25. The van der Waals surface area contributed by atoms with Crippen LogP contribution in [0.1, 0.15) is 19.3 Å². The van der Waals surface area contributed by atoms with Gasteiger partial charge in [-0.15, -0.1) is 0 Å². The zero-order valence-corrected chi connectivity index (χ0v) is 10.3. The van der Waals surface area contributed by atoms with E-state index in [1.54, 1.807) is 12.1 Å². The Bertz CT molecular complexity index is 433. The zero-order valence-electron chi connectivity index (χ0n) is 9.45. The van der Waals surface area contributed by atoms with Gasteiger partial charge in [-0.1, -0.05) is 24.6 Å². The molecule has 0 N–H and O–H groups in total. The fourth-order valence-electron chi connectivity index (χ4n) is 2.37. The van der Waals surface area contributed by atoms with Gasteiger partial charge in [0.1, 0.15) is 5.75 Å². The van der Waals surface area contributed by atoms with Crippen LogP contribution in [0.25, 0.3) is 0 Å². The van der Waals surface area contributed by atoms with E-state index < -0.39 is 7.82 Å². The van der Waals surface area contributed by atoms with Crippen LogP contribution in [0.15, 0.2) is 30.3 Å². The molecule has 0 spiro atoms. The second-order valence-electron chi connectivity index (χ2n) is 4.48. The molecule has 1 aromatic carbocycles. The summed E-state index contributed by atoms with van der Waals surface area (Å²) in [4.78, 5) is 0. The van der Waals surface area contributed by atoms with Crippen molar-refractivity contribution in [2.45, 2.75) is 25.4 Å². The molecule has 0 radical (unpaired) electrons. The standard InChI is InChI=1S/C12H15O4P/c13-17(15-11-6-2-1-3-7-11)14-9-10-5-4-8-12(10)16-17/h1-3,6-7,10,12H,4-5,8-9H2/t10-,12-,17-/m1/s1. The van der Waals surface area contributed by atoms with Gasteiger partial charge in [0, 0.05) is 5.92 Å². The topological polar surface area (TPSA) is 44.8 Å². The molecule has 1 heterocycles. The van der Waals surface area contributed by atoms with Crippen LogP contribution in [0, 0.1) is 5.92 Å². The van der Waals surface area contributed by atoms with E-state index in [1.807, 2.05) is 18.2 Å². The van der Waals surface area contributed by atoms with E-state index in [4.69, 9.17) is 13.6 Å². The highest BCUT2D eigenvalue weighted by Crippen LogP contribution is 2.56. The molecule has 5 heteroatoms. The summed E-state index contributed by atoms with van der Waals surface area (Å²) in [6.07, 6.45) is 3.20. The number of rotatable bonds is 2. The average Bonchev–Trinajstić information content (AvgIpc) is 2.76. The van der Waals surface area contributed by atoms with Crippen LogP contribution in [0.2, 0.25) is 0 Å². The van der Waals surface area contributed by atoms with Crippen molar-refractivity contribution in [1.29, 1.82) is 0 Å². The molecule has 1 aromatic rings. The van der Waals surface area contributed by atoms with Gasteiger partial charge in [-0.2, -0.15) is 0 Å². The summed E-state index contributed by atoms with van der Waals surface area (Å²) in [6, 6.07) is 9.01. The molecule has 3 rings (SSSR count). The number of phosphoric acid groups is 1. The van der Waals surface area contributed by atoms with Crippen LogP contribution < -0.4 is 4.52 Å². The molecule has 0 unspecified atom stereocenters. The number of hydrogen-bond acceptors (Lipinski definition) is 4. The second kappa shape index (κ2) is 4.45. The van der Waals surface area contributed by atoms with Crippen molar-refractivity contribution in [3.63, 3.8) is 0 Å². The van der Waals surface area contributed by atoms with Gasteiger partial charge in [-0.25, -0.2) is 4.57 Å². The van der Waals surface area contributed by atoms with Crippen molar-refractivity contribution >= 4 is 7.82 Å². The van der Waals surface area contributed by atoms with Crippen LogP contribution >= 0.6 is 7.82 Å². The minimum Gasteiger partial charge on any atom is -0.404 e. The van der Waals surface area contributed by atoms with E-state index in [0.29, 0.717) is 18.3 Å². The Hall–Kier alpha value is -0.830. The van der Waals surface area contributed by atoms with E-state index in [0.717, 1.165) is 19.3 Å². The molecular formula is C12H15O4P. The first-order valence-electron chi connectivity index (χ1n) is 5.93. The molecule has 1 saturated heterocycles. The molecule has 3 atom stereocenters. The minimum atomic E-state index is -3.41. The molecular weight excluding hydrogens is 239 g/mol. The first kappa shape index (κ1) is 11.3. The molecule has 1 saturated carbocycles. The Morgan fingerprint density at radius 1 is 1.24 bits per heavy atom. The molecule has 2 fully saturated rings. The molecule has 92 valence electrons. The Morgan fingerprint density at radius 3 is 2.88 bits per heavy atom. The van der Waals surface area contributed by atoms with Crippen molar-refractivity contribution < 1.29 is 18.1 Å². The highest BCUT2D eigenvalue weighted by molar-refractivity contribution is 7.49. The van der Waals surface area contributed by atoms with Gasteiger partial charge in [0.25, 0.3) is 0 Å². The Balaban J connectivity index is 1.72. The lowest BCUT2D eigenvalue weighted by atomic mass is 10.1. The minimum absolute atomic E-state index is 0.0401. The lowest BCUT2D eigenvalue weighted by Crippen LogP contribution is -2.28. The Labute approximate surface area is 100 Å². The summed E-state index contributed by atoms with van der Waals surface area (Å²) in [6.45, 7) is 0.481. The quantitative estimate of drug-likeness (QED) is 0.759. The average molecular weight is 254 g/mol. The third kappa shape index (κ3) is 2.39. The Kier molecular flexibility index (Phi) is 2.95. The van der Waals surface area contributed by atoms with Crippen molar-refractivity contribution in [2.75, 3.05) is 6.61 Å². The van der Waals surface area contributed by atoms with E-state index in [2.05, 4.69) is 0 Å². The summed E-state index contributed by atoms with van der Waals surface area (Å²) in [5, 5.41) is 0. The molecule has 0 bridgehead atoms. The third-order valence-corrected chi connectivity index (χ3v) is 4.69. The Morgan fingerprint density at radius 2 is 2.06 bits per heavy atom. The van der Waals surface area contributed by atoms with Crippen molar-refractivity contribution in [1.82, 2.24) is 0 Å². The summed E-state index contributed by atoms with van der Waals surface area (Å²) in [5.41, 5.74) is 0. The summed E-state index contributed by atoms with van der Waals surface area (Å²) in [7, 11) is -3.41. The number of hydrogen-bond donors (Lipinski definition) is 0. The van der Waals surface area contributed by atoms with Crippen LogP contribution in [0.5, 0.6) is 5.75 Å². The van der Waals surface area contributed by atoms with Gasteiger partial charge in [0.05, 0.1) is 12.7 Å². The van der Waals surface area contributed by atoms with Crippen LogP contribution in [0.4, 0.5) is 0 Å². The number of benzene rings is 1. The fraction of sp³-hybridized carbons (Fsp3) is 0.500. The molecule has 4 nitrogen and oxygen atoms in total.